The van der Waals surface area contributed by atoms with Gasteiger partial charge in [0.2, 0.25) is 5.91 Å². The highest BCUT2D eigenvalue weighted by atomic mass is 32.2. The molecule has 0 atom stereocenters. The van der Waals surface area contributed by atoms with Gasteiger partial charge in [0.15, 0.2) is 0 Å². The van der Waals surface area contributed by atoms with Crippen LogP contribution in [0.15, 0.2) is 24.3 Å². The zero-order chi connectivity index (χ0) is 15.8. The second-order valence-electron chi connectivity index (χ2n) is 5.31. The summed E-state index contributed by atoms with van der Waals surface area (Å²) in [6, 6.07) is 8.25. The van der Waals surface area contributed by atoms with E-state index in [9.17, 15) is 9.59 Å². The van der Waals surface area contributed by atoms with Crippen LogP contribution < -0.4 is 0 Å². The zero-order valence-electron chi connectivity index (χ0n) is 12.8. The molecule has 1 N–H and O–H groups in total. The fourth-order valence-electron chi connectivity index (χ4n) is 2.03. The minimum Gasteiger partial charge on any atom is -0.481 e. The standard InChI is InChI=1S/C16H23NO3S/c1-12(2)17(8-7-16(19)20)15(18)11-21-10-14-6-4-5-13(3)9-14/h4-6,9,12H,7-8,10-11H2,1-3H3,(H,19,20). The van der Waals surface area contributed by atoms with Gasteiger partial charge in [-0.05, 0) is 26.3 Å². The monoisotopic (exact) mass is 309 g/mol. The number of rotatable bonds is 8. The lowest BCUT2D eigenvalue weighted by molar-refractivity contribution is -0.138. The molecular weight excluding hydrogens is 286 g/mol. The zero-order valence-corrected chi connectivity index (χ0v) is 13.7. The van der Waals surface area contributed by atoms with Gasteiger partial charge in [0, 0.05) is 18.3 Å². The smallest absolute Gasteiger partial charge is 0.305 e. The van der Waals surface area contributed by atoms with Crippen molar-refractivity contribution in [1.29, 1.82) is 0 Å². The molecule has 4 nitrogen and oxygen atoms in total. The van der Waals surface area contributed by atoms with Crippen LogP contribution in [0.25, 0.3) is 0 Å². The van der Waals surface area contributed by atoms with Gasteiger partial charge in [0.25, 0.3) is 0 Å². The summed E-state index contributed by atoms with van der Waals surface area (Å²) in [6.45, 7) is 6.14. The van der Waals surface area contributed by atoms with E-state index in [0.29, 0.717) is 5.75 Å². The third kappa shape index (κ3) is 6.67. The molecule has 0 saturated carbocycles. The van der Waals surface area contributed by atoms with Crippen LogP contribution in [-0.4, -0.2) is 40.2 Å². The largest absolute Gasteiger partial charge is 0.481 e. The molecule has 1 aromatic rings. The van der Waals surface area contributed by atoms with Gasteiger partial charge in [0.1, 0.15) is 0 Å². The molecule has 1 aromatic carbocycles. The van der Waals surface area contributed by atoms with Crippen LogP contribution in [0, 0.1) is 6.92 Å². The first-order valence-electron chi connectivity index (χ1n) is 7.04. The molecule has 0 radical (unpaired) electrons. The Morgan fingerprint density at radius 1 is 1.33 bits per heavy atom. The van der Waals surface area contributed by atoms with E-state index < -0.39 is 5.97 Å². The Morgan fingerprint density at radius 2 is 2.05 bits per heavy atom. The molecule has 0 bridgehead atoms. The third-order valence-corrected chi connectivity index (χ3v) is 4.08. The number of carboxylic acid groups (broad SMARTS) is 1. The van der Waals surface area contributed by atoms with Crippen molar-refractivity contribution < 1.29 is 14.7 Å². The topological polar surface area (TPSA) is 57.6 Å². The molecule has 0 heterocycles. The van der Waals surface area contributed by atoms with Gasteiger partial charge in [-0.25, -0.2) is 0 Å². The summed E-state index contributed by atoms with van der Waals surface area (Å²) in [7, 11) is 0. The number of carbonyl (C=O) groups excluding carboxylic acids is 1. The summed E-state index contributed by atoms with van der Waals surface area (Å²) in [5.74, 6) is 0.300. The molecule has 0 aliphatic heterocycles. The summed E-state index contributed by atoms with van der Waals surface area (Å²) in [6.07, 6.45) is -0.00747. The van der Waals surface area contributed by atoms with E-state index in [1.807, 2.05) is 32.9 Å². The summed E-state index contributed by atoms with van der Waals surface area (Å²) < 4.78 is 0. The molecule has 1 rings (SSSR count). The molecular formula is C16H23NO3S. The molecule has 0 spiro atoms. The van der Waals surface area contributed by atoms with Gasteiger partial charge in [-0.2, -0.15) is 0 Å². The van der Waals surface area contributed by atoms with Crippen molar-refractivity contribution in [3.05, 3.63) is 35.4 Å². The van der Waals surface area contributed by atoms with E-state index in [1.54, 1.807) is 16.7 Å². The van der Waals surface area contributed by atoms with Gasteiger partial charge in [-0.15, -0.1) is 11.8 Å². The second-order valence-corrected chi connectivity index (χ2v) is 6.29. The van der Waals surface area contributed by atoms with Gasteiger partial charge < -0.3 is 10.0 Å². The fraction of sp³-hybridized carbons (Fsp3) is 0.500. The van der Waals surface area contributed by atoms with Crippen molar-refractivity contribution in [2.75, 3.05) is 12.3 Å². The number of aliphatic carboxylic acids is 1. The van der Waals surface area contributed by atoms with Crippen LogP contribution in [0.1, 0.15) is 31.4 Å². The quantitative estimate of drug-likeness (QED) is 0.802. The summed E-state index contributed by atoms with van der Waals surface area (Å²) in [4.78, 5) is 24.4. The average molecular weight is 309 g/mol. The molecule has 1 amide bonds. The van der Waals surface area contributed by atoms with Crippen LogP contribution in [0.5, 0.6) is 0 Å². The predicted molar refractivity (Wildman–Crippen MR) is 86.4 cm³/mol. The highest BCUT2D eigenvalue weighted by Crippen LogP contribution is 2.15. The number of thioether (sulfide) groups is 1. The molecule has 0 unspecified atom stereocenters. The van der Waals surface area contributed by atoms with Crippen molar-refractivity contribution in [3.8, 4) is 0 Å². The van der Waals surface area contributed by atoms with Crippen LogP contribution in [0.3, 0.4) is 0 Å². The fourth-order valence-corrected chi connectivity index (χ4v) is 2.89. The highest BCUT2D eigenvalue weighted by molar-refractivity contribution is 7.99. The van der Waals surface area contributed by atoms with Crippen molar-refractivity contribution in [2.24, 2.45) is 0 Å². The summed E-state index contributed by atoms with van der Waals surface area (Å²) >= 11 is 1.56. The Morgan fingerprint density at radius 3 is 2.62 bits per heavy atom. The lowest BCUT2D eigenvalue weighted by atomic mass is 10.2. The van der Waals surface area contributed by atoms with E-state index in [0.717, 1.165) is 5.75 Å². The van der Waals surface area contributed by atoms with Crippen molar-refractivity contribution >= 4 is 23.6 Å². The van der Waals surface area contributed by atoms with Gasteiger partial charge in [-0.1, -0.05) is 29.8 Å². The normalized spacial score (nSPS) is 10.7. The number of aryl methyl sites for hydroxylation is 1. The summed E-state index contributed by atoms with van der Waals surface area (Å²) in [5, 5.41) is 8.73. The van der Waals surface area contributed by atoms with Crippen LogP contribution in [0.4, 0.5) is 0 Å². The number of hydrogen-bond donors (Lipinski definition) is 1. The molecule has 5 heteroatoms. The lowest BCUT2D eigenvalue weighted by Gasteiger charge is -2.26. The van der Waals surface area contributed by atoms with E-state index in [2.05, 4.69) is 12.1 Å². The van der Waals surface area contributed by atoms with E-state index in [-0.39, 0.29) is 24.9 Å². The van der Waals surface area contributed by atoms with Crippen molar-refractivity contribution in [2.45, 2.75) is 39.0 Å². The van der Waals surface area contributed by atoms with Crippen LogP contribution in [0.2, 0.25) is 0 Å². The third-order valence-electron chi connectivity index (χ3n) is 3.09. The maximum Gasteiger partial charge on any atom is 0.305 e. The van der Waals surface area contributed by atoms with Crippen LogP contribution >= 0.6 is 11.8 Å². The number of carboxylic acids is 1. The Hall–Kier alpha value is -1.49. The minimum atomic E-state index is -0.874. The first kappa shape index (κ1) is 17.6. The van der Waals surface area contributed by atoms with Gasteiger partial charge in [0.05, 0.1) is 12.2 Å². The molecule has 0 saturated heterocycles. The molecule has 21 heavy (non-hydrogen) atoms. The highest BCUT2D eigenvalue weighted by Gasteiger charge is 2.17. The molecule has 0 fully saturated rings. The Bertz CT molecular complexity index is 488. The first-order valence-corrected chi connectivity index (χ1v) is 8.20. The van der Waals surface area contributed by atoms with Crippen molar-refractivity contribution in [1.82, 2.24) is 4.90 Å². The Balaban J connectivity index is 2.44. The minimum absolute atomic E-state index is 0.00361. The molecule has 0 aliphatic carbocycles. The molecule has 116 valence electrons. The predicted octanol–water partition coefficient (Wildman–Crippen LogP) is 2.94. The van der Waals surface area contributed by atoms with Crippen LogP contribution in [-0.2, 0) is 15.3 Å². The number of nitrogens with zero attached hydrogens (tertiary/aromatic N) is 1. The SMILES string of the molecule is Cc1cccc(CSCC(=O)N(CCC(=O)O)C(C)C)c1. The number of amides is 1. The average Bonchev–Trinajstić information content (AvgIpc) is 2.38. The number of benzene rings is 1. The van der Waals surface area contributed by atoms with Gasteiger partial charge >= 0.3 is 5.97 Å². The maximum absolute atomic E-state index is 12.2. The Kier molecular flexibility index (Phi) is 7.29. The van der Waals surface area contributed by atoms with E-state index >= 15 is 0 Å². The Labute approximate surface area is 130 Å². The number of carbonyl (C=O) groups is 2. The molecule has 0 aromatic heterocycles. The number of hydrogen-bond acceptors (Lipinski definition) is 3. The lowest BCUT2D eigenvalue weighted by Crippen LogP contribution is -2.39. The van der Waals surface area contributed by atoms with Gasteiger partial charge in [-0.3, -0.25) is 9.59 Å². The molecule has 0 aliphatic rings. The van der Waals surface area contributed by atoms with Crippen molar-refractivity contribution in [3.63, 3.8) is 0 Å². The second kappa shape index (κ2) is 8.72. The first-order chi connectivity index (χ1) is 9.90. The van der Waals surface area contributed by atoms with E-state index in [1.165, 1.54) is 11.1 Å². The summed E-state index contributed by atoms with van der Waals surface area (Å²) in [5.41, 5.74) is 2.42. The maximum atomic E-state index is 12.2. The van der Waals surface area contributed by atoms with E-state index in [4.69, 9.17) is 5.11 Å².